The van der Waals surface area contributed by atoms with Crippen LogP contribution >= 0.6 is 24.0 Å². The summed E-state index contributed by atoms with van der Waals surface area (Å²) in [6.07, 6.45) is 1.92. The number of benzene rings is 4. The molecule has 33 heavy (non-hydrogen) atoms. The first-order valence-corrected chi connectivity index (χ1v) is 11.9. The number of rotatable bonds is 5. The summed E-state index contributed by atoms with van der Waals surface area (Å²) in [5.74, 6) is 0.625. The molecule has 1 aliphatic rings. The zero-order valence-electron chi connectivity index (χ0n) is 18.0. The SMILES string of the molecule is Cc1ccccc1N1C(=O)/C(=C\c2c(OCc3ccccc3)ccc3ccccc23)SC1=S. The summed E-state index contributed by atoms with van der Waals surface area (Å²) < 4.78 is 6.76. The highest BCUT2D eigenvalue weighted by atomic mass is 32.2. The summed E-state index contributed by atoms with van der Waals surface area (Å²) in [6.45, 7) is 2.43. The van der Waals surface area contributed by atoms with Gasteiger partial charge in [0.15, 0.2) is 4.32 Å². The van der Waals surface area contributed by atoms with Crippen LogP contribution in [0.2, 0.25) is 0 Å². The summed E-state index contributed by atoms with van der Waals surface area (Å²) in [7, 11) is 0. The number of fused-ring (bicyclic) bond motifs is 1. The highest BCUT2D eigenvalue weighted by Gasteiger charge is 2.34. The van der Waals surface area contributed by atoms with Crippen LogP contribution in [0.25, 0.3) is 16.8 Å². The average Bonchev–Trinajstić information content (AvgIpc) is 3.12. The van der Waals surface area contributed by atoms with Crippen molar-refractivity contribution in [3.8, 4) is 5.75 Å². The summed E-state index contributed by atoms with van der Waals surface area (Å²) in [6, 6.07) is 30.0. The Kier molecular flexibility index (Phi) is 5.99. The van der Waals surface area contributed by atoms with Gasteiger partial charge in [-0.05, 0) is 47.0 Å². The van der Waals surface area contributed by atoms with Crippen LogP contribution in [0.5, 0.6) is 5.75 Å². The first kappa shape index (κ1) is 21.4. The van der Waals surface area contributed by atoms with Crippen LogP contribution in [0, 0.1) is 6.92 Å². The lowest BCUT2D eigenvalue weighted by molar-refractivity contribution is -0.113. The second-order valence-corrected chi connectivity index (χ2v) is 9.45. The molecule has 1 fully saturated rings. The van der Waals surface area contributed by atoms with E-state index in [1.165, 1.54) is 11.8 Å². The highest BCUT2D eigenvalue weighted by Crippen LogP contribution is 2.39. The minimum atomic E-state index is -0.110. The molecule has 0 N–H and O–H groups in total. The van der Waals surface area contributed by atoms with Crippen LogP contribution < -0.4 is 9.64 Å². The Bertz CT molecular complexity index is 1400. The molecule has 3 nitrogen and oxygen atoms in total. The zero-order valence-corrected chi connectivity index (χ0v) is 19.7. The molecule has 162 valence electrons. The molecule has 0 bridgehead atoms. The van der Waals surface area contributed by atoms with Gasteiger partial charge in [-0.3, -0.25) is 9.69 Å². The number of hydrogen-bond donors (Lipinski definition) is 0. The molecule has 0 aromatic heterocycles. The molecule has 4 aromatic rings. The normalized spacial score (nSPS) is 14.9. The predicted molar refractivity (Wildman–Crippen MR) is 142 cm³/mol. The van der Waals surface area contributed by atoms with Gasteiger partial charge in [0.2, 0.25) is 0 Å². The molecule has 0 atom stereocenters. The molecule has 0 aliphatic carbocycles. The van der Waals surface area contributed by atoms with E-state index in [0.717, 1.165) is 38.9 Å². The third-order valence-corrected chi connectivity index (χ3v) is 6.90. The molecule has 1 saturated heterocycles. The standard InChI is InChI=1S/C28H21NO2S2/c1-19-9-5-8-14-24(19)29-27(30)26(33-28(29)32)17-23-22-13-7-6-12-21(22)15-16-25(23)31-18-20-10-3-2-4-11-20/h2-17H,18H2,1H3/b26-17+. The molecular formula is C28H21NO2S2. The van der Waals surface area contributed by atoms with Crippen LogP contribution in [0.4, 0.5) is 5.69 Å². The van der Waals surface area contributed by atoms with Crippen molar-refractivity contribution < 1.29 is 9.53 Å². The fourth-order valence-corrected chi connectivity index (χ4v) is 5.17. The third kappa shape index (κ3) is 4.30. The van der Waals surface area contributed by atoms with Crippen LogP contribution in [-0.2, 0) is 11.4 Å². The number of aryl methyl sites for hydroxylation is 1. The number of thiocarbonyl (C=S) groups is 1. The fourth-order valence-electron chi connectivity index (χ4n) is 3.91. The van der Waals surface area contributed by atoms with Gasteiger partial charge in [0.05, 0.1) is 10.6 Å². The maximum absolute atomic E-state index is 13.4. The molecule has 4 aromatic carbocycles. The second kappa shape index (κ2) is 9.22. The minimum absolute atomic E-state index is 0.110. The first-order valence-electron chi connectivity index (χ1n) is 10.6. The van der Waals surface area contributed by atoms with Gasteiger partial charge in [-0.2, -0.15) is 0 Å². The van der Waals surface area contributed by atoms with E-state index in [0.29, 0.717) is 15.8 Å². The maximum atomic E-state index is 13.4. The van der Waals surface area contributed by atoms with Gasteiger partial charge in [-0.1, -0.05) is 103 Å². The van der Waals surface area contributed by atoms with Crippen LogP contribution in [0.1, 0.15) is 16.7 Å². The number of hydrogen-bond acceptors (Lipinski definition) is 4. The van der Waals surface area contributed by atoms with E-state index in [9.17, 15) is 4.79 Å². The molecule has 0 spiro atoms. The van der Waals surface area contributed by atoms with E-state index in [-0.39, 0.29) is 5.91 Å². The number of thioether (sulfide) groups is 1. The van der Waals surface area contributed by atoms with Crippen molar-refractivity contribution in [3.05, 3.63) is 113 Å². The van der Waals surface area contributed by atoms with Crippen molar-refractivity contribution in [3.63, 3.8) is 0 Å². The van der Waals surface area contributed by atoms with Crippen molar-refractivity contribution in [2.75, 3.05) is 4.90 Å². The first-order chi connectivity index (χ1) is 16.1. The number of carbonyl (C=O) groups excluding carboxylic acids is 1. The Hall–Kier alpha value is -3.41. The minimum Gasteiger partial charge on any atom is -0.488 e. The van der Waals surface area contributed by atoms with Crippen molar-refractivity contribution in [1.82, 2.24) is 0 Å². The van der Waals surface area contributed by atoms with E-state index in [4.69, 9.17) is 17.0 Å². The summed E-state index contributed by atoms with van der Waals surface area (Å²) in [5.41, 5.74) is 3.80. The van der Waals surface area contributed by atoms with Gasteiger partial charge in [0.25, 0.3) is 5.91 Å². The lowest BCUT2D eigenvalue weighted by Crippen LogP contribution is -2.28. The van der Waals surface area contributed by atoms with Crippen molar-refractivity contribution in [2.45, 2.75) is 13.5 Å². The Morgan fingerprint density at radius 3 is 2.45 bits per heavy atom. The monoisotopic (exact) mass is 467 g/mol. The number of nitrogens with zero attached hydrogens (tertiary/aromatic N) is 1. The molecule has 1 amide bonds. The largest absolute Gasteiger partial charge is 0.488 e. The highest BCUT2D eigenvalue weighted by molar-refractivity contribution is 8.27. The molecule has 0 saturated carbocycles. The lowest BCUT2D eigenvalue weighted by atomic mass is 10.0. The molecule has 5 heteroatoms. The number of anilines is 1. The quantitative estimate of drug-likeness (QED) is 0.231. The van der Waals surface area contributed by atoms with Crippen molar-refractivity contribution >= 4 is 56.7 Å². The Morgan fingerprint density at radius 1 is 0.909 bits per heavy atom. The van der Waals surface area contributed by atoms with Crippen LogP contribution in [0.3, 0.4) is 0 Å². The van der Waals surface area contributed by atoms with Crippen molar-refractivity contribution in [1.29, 1.82) is 0 Å². The van der Waals surface area contributed by atoms with Gasteiger partial charge < -0.3 is 4.74 Å². The van der Waals surface area contributed by atoms with Crippen molar-refractivity contribution in [2.24, 2.45) is 0 Å². The Balaban J connectivity index is 1.55. The van der Waals surface area contributed by atoms with Gasteiger partial charge in [-0.25, -0.2) is 0 Å². The second-order valence-electron chi connectivity index (χ2n) is 7.78. The molecule has 1 aliphatic heterocycles. The average molecular weight is 468 g/mol. The van der Waals surface area contributed by atoms with E-state index in [1.807, 2.05) is 91.9 Å². The van der Waals surface area contributed by atoms with Crippen LogP contribution in [-0.4, -0.2) is 10.2 Å². The molecular weight excluding hydrogens is 446 g/mol. The van der Waals surface area contributed by atoms with E-state index in [1.54, 1.807) is 4.90 Å². The fraction of sp³-hybridized carbons (Fsp3) is 0.0714. The summed E-state index contributed by atoms with van der Waals surface area (Å²) in [5, 5.41) is 2.12. The topological polar surface area (TPSA) is 29.5 Å². The van der Waals surface area contributed by atoms with Crippen LogP contribution in [0.15, 0.2) is 95.9 Å². The predicted octanol–water partition coefficient (Wildman–Crippen LogP) is 7.13. The number of amides is 1. The van der Waals surface area contributed by atoms with Gasteiger partial charge in [0, 0.05) is 5.56 Å². The third-order valence-electron chi connectivity index (χ3n) is 5.59. The lowest BCUT2D eigenvalue weighted by Gasteiger charge is -2.17. The molecule has 1 heterocycles. The Labute approximate surface area is 202 Å². The van der Waals surface area contributed by atoms with Gasteiger partial charge in [-0.15, -0.1) is 0 Å². The molecule has 5 rings (SSSR count). The van der Waals surface area contributed by atoms with E-state index >= 15 is 0 Å². The number of ether oxygens (including phenoxy) is 1. The summed E-state index contributed by atoms with van der Waals surface area (Å²) in [4.78, 5) is 15.6. The number of carbonyl (C=O) groups is 1. The summed E-state index contributed by atoms with van der Waals surface area (Å²) >= 11 is 6.92. The van der Waals surface area contributed by atoms with Gasteiger partial charge >= 0.3 is 0 Å². The molecule has 0 radical (unpaired) electrons. The molecule has 0 unspecified atom stereocenters. The number of para-hydroxylation sites is 1. The zero-order chi connectivity index (χ0) is 22.8. The van der Waals surface area contributed by atoms with Gasteiger partial charge in [0.1, 0.15) is 12.4 Å². The Morgan fingerprint density at radius 2 is 1.64 bits per heavy atom. The smallest absolute Gasteiger partial charge is 0.270 e. The van der Waals surface area contributed by atoms with E-state index in [2.05, 4.69) is 12.1 Å². The maximum Gasteiger partial charge on any atom is 0.270 e. The van der Waals surface area contributed by atoms with E-state index < -0.39 is 0 Å².